The van der Waals surface area contributed by atoms with Crippen molar-refractivity contribution in [2.75, 3.05) is 13.2 Å². The molecule has 0 aliphatic carbocycles. The topological polar surface area (TPSA) is 83.7 Å². The second kappa shape index (κ2) is 8.05. The minimum atomic E-state index is -0.473. The first-order valence-electron chi connectivity index (χ1n) is 7.26. The summed E-state index contributed by atoms with van der Waals surface area (Å²) in [6, 6.07) is 15.5. The number of hydrogen-bond donors (Lipinski definition) is 1. The summed E-state index contributed by atoms with van der Waals surface area (Å²) in [6.07, 6.45) is 0.144. The van der Waals surface area contributed by atoms with Crippen molar-refractivity contribution in [2.24, 2.45) is 0 Å². The summed E-state index contributed by atoms with van der Waals surface area (Å²) < 4.78 is 0. The zero-order chi connectivity index (χ0) is 16.7. The lowest BCUT2D eigenvalue weighted by molar-refractivity contribution is -0.384. The van der Waals surface area contributed by atoms with E-state index >= 15 is 0 Å². The molecule has 0 heterocycles. The summed E-state index contributed by atoms with van der Waals surface area (Å²) >= 11 is 0. The smallest absolute Gasteiger partial charge is 0.269 e. The van der Waals surface area contributed by atoms with Gasteiger partial charge in [0.1, 0.15) is 0 Å². The molecule has 0 aromatic heterocycles. The van der Waals surface area contributed by atoms with Gasteiger partial charge in [-0.15, -0.1) is 0 Å². The van der Waals surface area contributed by atoms with Crippen molar-refractivity contribution in [1.29, 1.82) is 0 Å². The highest BCUT2D eigenvalue weighted by Gasteiger charge is 2.15. The van der Waals surface area contributed by atoms with Crippen LogP contribution in [0.4, 0.5) is 5.69 Å². The SMILES string of the molecule is O=C(Cc1ccc([N+](=O)[O-])cc1)N(CCO)Cc1ccccc1. The number of aliphatic hydroxyl groups excluding tert-OH is 1. The van der Waals surface area contributed by atoms with Crippen LogP contribution in [0.2, 0.25) is 0 Å². The van der Waals surface area contributed by atoms with Crippen LogP contribution in [0.25, 0.3) is 0 Å². The number of non-ortho nitro benzene ring substituents is 1. The van der Waals surface area contributed by atoms with E-state index in [1.165, 1.54) is 12.1 Å². The molecule has 0 aliphatic rings. The van der Waals surface area contributed by atoms with Gasteiger partial charge >= 0.3 is 0 Å². The summed E-state index contributed by atoms with van der Waals surface area (Å²) in [5.74, 6) is -0.128. The molecule has 0 aliphatic heterocycles. The minimum Gasteiger partial charge on any atom is -0.395 e. The van der Waals surface area contributed by atoms with Crippen LogP contribution in [0.15, 0.2) is 54.6 Å². The predicted molar refractivity (Wildman–Crippen MR) is 85.7 cm³/mol. The van der Waals surface area contributed by atoms with Crippen molar-refractivity contribution in [3.8, 4) is 0 Å². The molecule has 6 nitrogen and oxygen atoms in total. The van der Waals surface area contributed by atoms with Crippen molar-refractivity contribution in [3.05, 3.63) is 75.8 Å². The van der Waals surface area contributed by atoms with E-state index < -0.39 is 4.92 Å². The van der Waals surface area contributed by atoms with Gasteiger partial charge in [0, 0.05) is 25.2 Å². The van der Waals surface area contributed by atoms with Gasteiger partial charge in [-0.2, -0.15) is 0 Å². The highest BCUT2D eigenvalue weighted by Crippen LogP contribution is 2.14. The second-order valence-corrected chi connectivity index (χ2v) is 5.12. The molecule has 0 atom stereocenters. The molecule has 0 saturated heterocycles. The Morgan fingerprint density at radius 3 is 2.26 bits per heavy atom. The van der Waals surface area contributed by atoms with Crippen molar-refractivity contribution in [1.82, 2.24) is 4.90 Å². The lowest BCUT2D eigenvalue weighted by atomic mass is 10.1. The Labute approximate surface area is 134 Å². The molecule has 0 bridgehead atoms. The first kappa shape index (κ1) is 16.6. The van der Waals surface area contributed by atoms with Crippen LogP contribution in [0.1, 0.15) is 11.1 Å². The number of carbonyl (C=O) groups is 1. The first-order valence-corrected chi connectivity index (χ1v) is 7.26. The molecular formula is C17H18N2O4. The third-order valence-electron chi connectivity index (χ3n) is 3.44. The van der Waals surface area contributed by atoms with Gasteiger partial charge in [0.05, 0.1) is 18.0 Å². The van der Waals surface area contributed by atoms with Crippen molar-refractivity contribution < 1.29 is 14.8 Å². The average molecular weight is 314 g/mol. The number of benzene rings is 2. The Hall–Kier alpha value is -2.73. The highest BCUT2D eigenvalue weighted by molar-refractivity contribution is 5.78. The van der Waals surface area contributed by atoms with E-state index in [1.807, 2.05) is 30.3 Å². The quantitative estimate of drug-likeness (QED) is 0.627. The zero-order valence-electron chi connectivity index (χ0n) is 12.6. The molecule has 0 saturated carbocycles. The lowest BCUT2D eigenvalue weighted by Crippen LogP contribution is -2.34. The summed E-state index contributed by atoms with van der Waals surface area (Å²) in [4.78, 5) is 24.1. The third kappa shape index (κ3) is 4.89. The van der Waals surface area contributed by atoms with E-state index in [-0.39, 0.29) is 31.2 Å². The zero-order valence-corrected chi connectivity index (χ0v) is 12.6. The molecule has 6 heteroatoms. The number of hydrogen-bond acceptors (Lipinski definition) is 4. The van der Waals surface area contributed by atoms with Gasteiger partial charge in [0.2, 0.25) is 5.91 Å². The van der Waals surface area contributed by atoms with E-state index in [2.05, 4.69) is 0 Å². The summed E-state index contributed by atoms with van der Waals surface area (Å²) in [7, 11) is 0. The fourth-order valence-corrected chi connectivity index (χ4v) is 2.24. The first-order chi connectivity index (χ1) is 11.1. The van der Waals surface area contributed by atoms with Crippen LogP contribution in [0, 0.1) is 10.1 Å². The predicted octanol–water partition coefficient (Wildman–Crippen LogP) is 2.16. The molecule has 1 amide bonds. The maximum Gasteiger partial charge on any atom is 0.269 e. The number of aliphatic hydroxyl groups is 1. The summed E-state index contributed by atoms with van der Waals surface area (Å²) in [5, 5.41) is 19.8. The van der Waals surface area contributed by atoms with Crippen molar-refractivity contribution in [3.63, 3.8) is 0 Å². The Kier molecular flexibility index (Phi) is 5.82. The lowest BCUT2D eigenvalue weighted by Gasteiger charge is -2.22. The van der Waals surface area contributed by atoms with E-state index in [0.717, 1.165) is 5.56 Å². The standard InChI is InChI=1S/C17H18N2O4/c20-11-10-18(13-15-4-2-1-3-5-15)17(21)12-14-6-8-16(9-7-14)19(22)23/h1-9,20H,10-13H2. The second-order valence-electron chi connectivity index (χ2n) is 5.12. The van der Waals surface area contributed by atoms with Gasteiger partial charge in [-0.05, 0) is 11.1 Å². The molecule has 0 fully saturated rings. The summed E-state index contributed by atoms with van der Waals surface area (Å²) in [6.45, 7) is 0.562. The molecule has 120 valence electrons. The van der Waals surface area contributed by atoms with Gasteiger partial charge in [-0.25, -0.2) is 0 Å². The van der Waals surface area contributed by atoms with Gasteiger partial charge in [0.15, 0.2) is 0 Å². The van der Waals surface area contributed by atoms with Crippen molar-refractivity contribution in [2.45, 2.75) is 13.0 Å². The maximum atomic E-state index is 12.4. The number of nitro benzene ring substituents is 1. The van der Waals surface area contributed by atoms with Crippen LogP contribution >= 0.6 is 0 Å². The highest BCUT2D eigenvalue weighted by atomic mass is 16.6. The summed E-state index contributed by atoms with van der Waals surface area (Å²) in [5.41, 5.74) is 1.69. The number of carbonyl (C=O) groups excluding carboxylic acids is 1. The number of rotatable bonds is 7. The van der Waals surface area contributed by atoms with Gasteiger partial charge in [-0.3, -0.25) is 14.9 Å². The van der Waals surface area contributed by atoms with Crippen LogP contribution in [-0.2, 0) is 17.8 Å². The molecule has 1 N–H and O–H groups in total. The Bertz CT molecular complexity index is 656. The fourth-order valence-electron chi connectivity index (χ4n) is 2.24. The molecule has 0 spiro atoms. The molecule has 0 unspecified atom stereocenters. The molecule has 2 aromatic carbocycles. The van der Waals surface area contributed by atoms with Crippen molar-refractivity contribution >= 4 is 11.6 Å². The van der Waals surface area contributed by atoms with Crippen LogP contribution in [0.3, 0.4) is 0 Å². The molecular weight excluding hydrogens is 296 g/mol. The number of nitrogens with zero attached hydrogens (tertiary/aromatic N) is 2. The van der Waals surface area contributed by atoms with Crippen LogP contribution in [-0.4, -0.2) is 34.0 Å². The van der Waals surface area contributed by atoms with Gasteiger partial charge in [-0.1, -0.05) is 42.5 Å². The molecule has 0 radical (unpaired) electrons. The van der Waals surface area contributed by atoms with E-state index in [1.54, 1.807) is 17.0 Å². The molecule has 23 heavy (non-hydrogen) atoms. The van der Waals surface area contributed by atoms with E-state index in [0.29, 0.717) is 12.1 Å². The maximum absolute atomic E-state index is 12.4. The monoisotopic (exact) mass is 314 g/mol. The minimum absolute atomic E-state index is 0.00213. The van der Waals surface area contributed by atoms with Gasteiger partial charge < -0.3 is 10.0 Å². The largest absolute Gasteiger partial charge is 0.395 e. The fraction of sp³-hybridized carbons (Fsp3) is 0.235. The van der Waals surface area contributed by atoms with Gasteiger partial charge in [0.25, 0.3) is 5.69 Å². The Morgan fingerprint density at radius 2 is 1.70 bits per heavy atom. The van der Waals surface area contributed by atoms with Crippen LogP contribution < -0.4 is 0 Å². The molecule has 2 aromatic rings. The molecule has 2 rings (SSSR count). The van der Waals surface area contributed by atoms with E-state index in [9.17, 15) is 14.9 Å². The number of amides is 1. The number of nitro groups is 1. The normalized spacial score (nSPS) is 10.3. The Balaban J connectivity index is 2.04. The van der Waals surface area contributed by atoms with E-state index in [4.69, 9.17) is 5.11 Å². The van der Waals surface area contributed by atoms with Crippen LogP contribution in [0.5, 0.6) is 0 Å². The third-order valence-corrected chi connectivity index (χ3v) is 3.44. The average Bonchev–Trinajstić information content (AvgIpc) is 2.56. The Morgan fingerprint density at radius 1 is 1.04 bits per heavy atom.